The van der Waals surface area contributed by atoms with E-state index in [0.29, 0.717) is 20.8 Å². The van der Waals surface area contributed by atoms with E-state index >= 15 is 0 Å². The fourth-order valence-electron chi connectivity index (χ4n) is 1.68. The van der Waals surface area contributed by atoms with Crippen molar-refractivity contribution >= 4 is 43.0 Å². The number of methoxy groups -OCH3 is 1. The number of ether oxygens (including phenoxy) is 1. The maximum Gasteiger partial charge on any atom is 0.271 e. The predicted octanol–water partition coefficient (Wildman–Crippen LogP) is 3.12. The van der Waals surface area contributed by atoms with Crippen molar-refractivity contribution < 1.29 is 18.3 Å². The molecule has 0 aliphatic rings. The lowest BCUT2D eigenvalue weighted by Crippen LogP contribution is -2.12. The van der Waals surface area contributed by atoms with Crippen LogP contribution in [-0.2, 0) is 16.6 Å². The van der Waals surface area contributed by atoms with Gasteiger partial charge in [-0.1, -0.05) is 0 Å². The second kappa shape index (κ2) is 6.35. The van der Waals surface area contributed by atoms with Crippen LogP contribution in [0.4, 0.5) is 5.69 Å². The van der Waals surface area contributed by atoms with Crippen LogP contribution < -0.4 is 9.46 Å². The number of rotatable bonds is 5. The number of aliphatic hydroxyl groups excluding tert-OH is 1. The highest BCUT2D eigenvalue weighted by Gasteiger charge is 2.20. The van der Waals surface area contributed by atoms with E-state index in [1.807, 2.05) is 0 Å². The van der Waals surface area contributed by atoms with Crippen molar-refractivity contribution in [3.05, 3.63) is 39.2 Å². The minimum Gasteiger partial charge on any atom is -0.497 e. The van der Waals surface area contributed by atoms with Crippen molar-refractivity contribution in [1.29, 1.82) is 0 Å². The summed E-state index contributed by atoms with van der Waals surface area (Å²) in [5, 5.41) is 9.17. The van der Waals surface area contributed by atoms with Crippen molar-refractivity contribution in [3.63, 3.8) is 0 Å². The molecule has 21 heavy (non-hydrogen) atoms. The van der Waals surface area contributed by atoms with E-state index in [1.54, 1.807) is 31.2 Å². The minimum atomic E-state index is -3.70. The number of nitrogens with one attached hydrogen (secondary N) is 1. The molecule has 0 saturated carbocycles. The predicted molar refractivity (Wildman–Crippen MR) is 86.5 cm³/mol. The van der Waals surface area contributed by atoms with Gasteiger partial charge < -0.3 is 9.84 Å². The van der Waals surface area contributed by atoms with Crippen molar-refractivity contribution in [2.24, 2.45) is 0 Å². The van der Waals surface area contributed by atoms with Crippen LogP contribution in [0, 0.1) is 6.92 Å². The van der Waals surface area contributed by atoms with Crippen LogP contribution in [0.2, 0.25) is 0 Å². The van der Waals surface area contributed by atoms with Gasteiger partial charge in [0.25, 0.3) is 10.0 Å². The van der Waals surface area contributed by atoms with Crippen LogP contribution in [0.15, 0.2) is 32.9 Å². The molecule has 0 spiro atoms. The van der Waals surface area contributed by atoms with Crippen LogP contribution in [-0.4, -0.2) is 20.6 Å². The summed E-state index contributed by atoms with van der Waals surface area (Å²) in [6.45, 7) is 1.59. The van der Waals surface area contributed by atoms with Gasteiger partial charge in [-0.2, -0.15) is 0 Å². The summed E-state index contributed by atoms with van der Waals surface area (Å²) >= 11 is 4.35. The van der Waals surface area contributed by atoms with Gasteiger partial charge >= 0.3 is 0 Å². The molecule has 0 amide bonds. The average molecular weight is 392 g/mol. The Kier molecular flexibility index (Phi) is 4.92. The monoisotopic (exact) mass is 391 g/mol. The molecule has 2 rings (SSSR count). The summed E-state index contributed by atoms with van der Waals surface area (Å²) in [6.07, 6.45) is 0. The maximum absolute atomic E-state index is 12.4. The number of anilines is 1. The highest BCUT2D eigenvalue weighted by atomic mass is 79.9. The van der Waals surface area contributed by atoms with Crippen molar-refractivity contribution in [1.82, 2.24) is 0 Å². The Morgan fingerprint density at radius 3 is 2.67 bits per heavy atom. The third-order valence-electron chi connectivity index (χ3n) is 2.82. The van der Waals surface area contributed by atoms with Gasteiger partial charge in [-0.05, 0) is 46.6 Å². The average Bonchev–Trinajstić information content (AvgIpc) is 2.83. The third-order valence-corrected chi connectivity index (χ3v) is 6.58. The molecule has 0 bridgehead atoms. The fraction of sp³-hybridized carbons (Fsp3) is 0.231. The van der Waals surface area contributed by atoms with Crippen molar-refractivity contribution in [2.75, 3.05) is 11.8 Å². The Morgan fingerprint density at radius 1 is 1.38 bits per heavy atom. The molecule has 0 radical (unpaired) electrons. The molecule has 0 unspecified atom stereocenters. The highest BCUT2D eigenvalue weighted by molar-refractivity contribution is 9.10. The standard InChI is InChI=1S/C13H14BrNO4S2/c1-8-5-13(20-12(8)7-16)21(17,18)15-11-6-9(19-2)3-4-10(11)14/h3-6,15-16H,7H2,1-2H3. The quantitative estimate of drug-likeness (QED) is 0.820. The van der Waals surface area contributed by atoms with Crippen molar-refractivity contribution in [3.8, 4) is 5.75 Å². The molecule has 2 aromatic rings. The van der Waals surface area contributed by atoms with Crippen molar-refractivity contribution in [2.45, 2.75) is 17.7 Å². The van der Waals surface area contributed by atoms with E-state index in [0.717, 1.165) is 16.9 Å². The second-order valence-corrected chi connectivity index (χ2v) is 8.18. The highest BCUT2D eigenvalue weighted by Crippen LogP contribution is 2.32. The lowest BCUT2D eigenvalue weighted by molar-refractivity contribution is 0.285. The fourth-order valence-corrected chi connectivity index (χ4v) is 4.68. The lowest BCUT2D eigenvalue weighted by atomic mass is 10.3. The molecule has 8 heteroatoms. The summed E-state index contributed by atoms with van der Waals surface area (Å²) in [7, 11) is -2.19. The normalized spacial score (nSPS) is 11.4. The number of aliphatic hydroxyl groups is 1. The molecule has 5 nitrogen and oxygen atoms in total. The molecule has 0 atom stereocenters. The summed E-state index contributed by atoms with van der Waals surface area (Å²) in [5.41, 5.74) is 1.15. The number of aryl methyl sites for hydroxylation is 1. The number of halogens is 1. The van der Waals surface area contributed by atoms with E-state index in [2.05, 4.69) is 20.7 Å². The summed E-state index contributed by atoms with van der Waals surface area (Å²) < 4.78 is 33.2. The first kappa shape index (κ1) is 16.3. The van der Waals surface area contributed by atoms with Gasteiger partial charge in [0.1, 0.15) is 9.96 Å². The Balaban J connectivity index is 2.37. The van der Waals surface area contributed by atoms with Gasteiger partial charge in [-0.3, -0.25) is 4.72 Å². The molecular weight excluding hydrogens is 378 g/mol. The number of sulfonamides is 1. The topological polar surface area (TPSA) is 75.6 Å². The number of benzene rings is 1. The first-order chi connectivity index (χ1) is 9.87. The molecule has 0 aliphatic carbocycles. The molecule has 1 aromatic heterocycles. The molecule has 2 N–H and O–H groups in total. The second-order valence-electron chi connectivity index (χ2n) is 4.28. The van der Waals surface area contributed by atoms with Gasteiger partial charge in [0.2, 0.25) is 0 Å². The summed E-state index contributed by atoms with van der Waals surface area (Å²) in [5.74, 6) is 0.550. The Bertz CT molecular complexity index is 756. The Hall–Kier alpha value is -1.09. The molecular formula is C13H14BrNO4S2. The molecule has 0 aliphatic heterocycles. The van der Waals surface area contributed by atoms with Crippen LogP contribution in [0.1, 0.15) is 10.4 Å². The van der Waals surface area contributed by atoms with Crippen LogP contribution in [0.25, 0.3) is 0 Å². The molecule has 0 fully saturated rings. The first-order valence-corrected chi connectivity index (χ1v) is 9.03. The van der Waals surface area contributed by atoms with E-state index in [9.17, 15) is 13.5 Å². The van der Waals surface area contributed by atoms with Gasteiger partial charge in [0.15, 0.2) is 0 Å². The van der Waals surface area contributed by atoms with Crippen LogP contribution in [0.5, 0.6) is 5.75 Å². The van der Waals surface area contributed by atoms with E-state index in [4.69, 9.17) is 4.74 Å². The van der Waals surface area contributed by atoms with Crippen LogP contribution in [0.3, 0.4) is 0 Å². The third kappa shape index (κ3) is 3.57. The summed E-state index contributed by atoms with van der Waals surface area (Å²) in [6, 6.07) is 6.57. The van der Waals surface area contributed by atoms with Gasteiger partial charge in [-0.15, -0.1) is 11.3 Å². The number of hydrogen-bond acceptors (Lipinski definition) is 5. The zero-order chi connectivity index (χ0) is 15.6. The van der Waals surface area contributed by atoms with Gasteiger partial charge in [0, 0.05) is 15.4 Å². The Labute approximate surface area is 135 Å². The molecule has 114 valence electrons. The molecule has 1 heterocycles. The Morgan fingerprint density at radius 2 is 2.10 bits per heavy atom. The smallest absolute Gasteiger partial charge is 0.271 e. The lowest BCUT2D eigenvalue weighted by Gasteiger charge is -2.10. The minimum absolute atomic E-state index is 0.166. The summed E-state index contributed by atoms with van der Waals surface area (Å²) in [4.78, 5) is 0.639. The molecule has 1 aromatic carbocycles. The zero-order valence-electron chi connectivity index (χ0n) is 11.4. The van der Waals surface area contributed by atoms with E-state index in [1.165, 1.54) is 7.11 Å². The SMILES string of the molecule is COc1ccc(Br)c(NS(=O)(=O)c2cc(C)c(CO)s2)c1. The van der Waals surface area contributed by atoms with Gasteiger partial charge in [-0.25, -0.2) is 8.42 Å². The van der Waals surface area contributed by atoms with Crippen LogP contribution >= 0.6 is 27.3 Å². The number of thiophene rings is 1. The molecule has 0 saturated heterocycles. The van der Waals surface area contributed by atoms with E-state index < -0.39 is 10.0 Å². The zero-order valence-corrected chi connectivity index (χ0v) is 14.6. The first-order valence-electron chi connectivity index (χ1n) is 5.94. The van der Waals surface area contributed by atoms with E-state index in [-0.39, 0.29) is 10.8 Å². The number of hydrogen-bond donors (Lipinski definition) is 2. The largest absolute Gasteiger partial charge is 0.497 e. The maximum atomic E-state index is 12.4. The van der Waals surface area contributed by atoms with Gasteiger partial charge in [0.05, 0.1) is 19.4 Å².